The van der Waals surface area contributed by atoms with Crippen LogP contribution in [0, 0.1) is 11.8 Å². The zero-order chi connectivity index (χ0) is 27.1. The van der Waals surface area contributed by atoms with E-state index in [4.69, 9.17) is 30.7 Å². The Kier molecular flexibility index (Phi) is 11.7. The van der Waals surface area contributed by atoms with Gasteiger partial charge in [-0.15, -0.1) is 0 Å². The maximum absolute atomic E-state index is 12.4. The Labute approximate surface area is 212 Å². The van der Waals surface area contributed by atoms with Gasteiger partial charge in [-0.25, -0.2) is 18.5 Å². The summed E-state index contributed by atoms with van der Waals surface area (Å²) in [5.74, 6) is 5.29. The topological polar surface area (TPSA) is 265 Å². The fourth-order valence-electron chi connectivity index (χ4n) is 2.76. The van der Waals surface area contributed by atoms with Crippen LogP contribution in [0.2, 0.25) is 0 Å². The Morgan fingerprint density at radius 2 is 1.94 bits per heavy atom. The van der Waals surface area contributed by atoms with E-state index in [9.17, 15) is 28.3 Å². The summed E-state index contributed by atoms with van der Waals surface area (Å²) in [7, 11) is -13.9. The number of phosphoric ester groups is 1. The van der Waals surface area contributed by atoms with Crippen LogP contribution in [0.25, 0.3) is 0 Å². The smallest absolute Gasteiger partial charge is 0.382 e. The van der Waals surface area contributed by atoms with E-state index in [2.05, 4.69) is 30.0 Å². The van der Waals surface area contributed by atoms with Gasteiger partial charge >= 0.3 is 29.2 Å². The number of nitrogens with two attached hydrogens (primary N) is 2. The summed E-state index contributed by atoms with van der Waals surface area (Å²) in [6, 6.07) is 0. The molecule has 0 amide bonds. The minimum absolute atomic E-state index is 0.0319. The van der Waals surface area contributed by atoms with E-state index in [0.29, 0.717) is 0 Å². The van der Waals surface area contributed by atoms with Crippen LogP contribution in [0.1, 0.15) is 18.2 Å². The van der Waals surface area contributed by atoms with E-state index in [1.54, 1.807) is 6.26 Å². The van der Waals surface area contributed by atoms with Gasteiger partial charge in [0.05, 0.1) is 24.8 Å². The molecule has 0 aliphatic carbocycles. The van der Waals surface area contributed by atoms with Crippen molar-refractivity contribution in [3.63, 3.8) is 0 Å². The van der Waals surface area contributed by atoms with Crippen LogP contribution in [0.5, 0.6) is 0 Å². The number of anilines is 1. The first-order chi connectivity index (χ1) is 16.7. The molecule has 1 saturated heterocycles. The quantitative estimate of drug-likeness (QED) is 0.0601. The molecule has 22 heteroatoms. The van der Waals surface area contributed by atoms with E-state index in [-0.39, 0.29) is 30.3 Å². The van der Waals surface area contributed by atoms with Gasteiger partial charge < -0.3 is 40.5 Å². The Morgan fingerprint density at radius 3 is 2.56 bits per heavy atom. The first kappa shape index (κ1) is 31.4. The molecule has 5 atom stereocenters. The molecule has 2 rings (SSSR count). The average Bonchev–Trinajstić information content (AvgIpc) is 3.12. The van der Waals surface area contributed by atoms with Crippen LogP contribution >= 0.6 is 45.1 Å². The second kappa shape index (κ2) is 13.3. The molecular weight excluding hydrogens is 589 g/mol. The third-order valence-corrected chi connectivity index (χ3v) is 9.33. The van der Waals surface area contributed by atoms with Crippen molar-refractivity contribution in [2.24, 2.45) is 5.73 Å². The fraction of sp³-hybridized carbons (Fsp3) is 0.571. The summed E-state index contributed by atoms with van der Waals surface area (Å²) >= 11 is 0. The van der Waals surface area contributed by atoms with E-state index >= 15 is 0 Å². The van der Waals surface area contributed by atoms with E-state index in [0.717, 1.165) is 4.57 Å². The van der Waals surface area contributed by atoms with Gasteiger partial charge in [-0.3, -0.25) is 9.09 Å². The fourth-order valence-corrected chi connectivity index (χ4v) is 6.57. The van der Waals surface area contributed by atoms with Crippen LogP contribution in [0.4, 0.5) is 5.82 Å². The van der Waals surface area contributed by atoms with Crippen molar-refractivity contribution in [2.45, 2.75) is 24.9 Å². The summed E-state index contributed by atoms with van der Waals surface area (Å²) < 4.78 is 58.9. The first-order valence-electron chi connectivity index (χ1n) is 9.45. The third-order valence-electron chi connectivity index (χ3n) is 4.06. The zero-order valence-electron chi connectivity index (χ0n) is 18.3. The highest BCUT2D eigenvalue weighted by Gasteiger charge is 2.43. The summed E-state index contributed by atoms with van der Waals surface area (Å²) in [6.45, 7) is -0.726. The summed E-state index contributed by atoms with van der Waals surface area (Å²) in [5, 5.41) is 0. The van der Waals surface area contributed by atoms with Crippen molar-refractivity contribution in [2.75, 3.05) is 31.1 Å². The van der Waals surface area contributed by atoms with Crippen molar-refractivity contribution in [1.82, 2.24) is 9.55 Å². The number of nitrogens with zero attached hydrogens (tertiary/aromatic N) is 2. The van der Waals surface area contributed by atoms with E-state index < -0.39 is 54.2 Å². The van der Waals surface area contributed by atoms with Gasteiger partial charge in [0.1, 0.15) is 24.1 Å². The maximum atomic E-state index is 12.4. The lowest BCUT2D eigenvalue weighted by Crippen LogP contribution is -2.29. The van der Waals surface area contributed by atoms with Gasteiger partial charge in [-0.2, -0.15) is 13.6 Å². The molecule has 204 valence electrons. The number of rotatable bonds is 12. The highest BCUT2D eigenvalue weighted by molar-refractivity contribution is 8.76. The zero-order valence-corrected chi connectivity index (χ0v) is 22.6. The maximum Gasteiger partial charge on any atom is 0.490 e. The summed E-state index contributed by atoms with van der Waals surface area (Å²) in [4.78, 5) is 52.3. The summed E-state index contributed by atoms with van der Waals surface area (Å²) in [5.41, 5.74) is 10.5. The molecule has 0 saturated carbocycles. The highest BCUT2D eigenvalue weighted by Crippen LogP contribution is 2.66. The number of nitrogen functional groups attached to an aromatic ring is 1. The standard InChI is InChI=1S/C14H23N4O13P3S2/c1-35-36-8-27-10-5-12(18-6-9(3-2-4-15)13(16)17-14(18)19)29-11(10)7-28-33(23,24)31-34(25,26)30-32(20,21)22/h6,10-12H,4-5,7-8,15H2,1H3,(H,23,24)(H,25,26)(H2,16,17,19)(H2,20,21,22)/t10-,11-,12-/m1/s1. The second-order valence-corrected chi connectivity index (χ2v) is 13.5. The molecule has 0 aromatic carbocycles. The molecule has 0 radical (unpaired) electrons. The van der Waals surface area contributed by atoms with Crippen molar-refractivity contribution in [1.29, 1.82) is 0 Å². The number of hydrogen-bond acceptors (Lipinski definition) is 14. The molecule has 0 bridgehead atoms. The normalized spacial score (nSPS) is 23.4. The summed E-state index contributed by atoms with van der Waals surface area (Å²) in [6.07, 6.45) is 0.252. The third kappa shape index (κ3) is 10.2. The number of ether oxygens (including phenoxy) is 2. The van der Waals surface area contributed by atoms with Crippen molar-refractivity contribution >= 4 is 50.9 Å². The number of phosphoric acid groups is 3. The van der Waals surface area contributed by atoms with Gasteiger partial charge in [0.25, 0.3) is 0 Å². The molecule has 1 aliphatic rings. The Morgan fingerprint density at radius 1 is 1.25 bits per heavy atom. The molecule has 1 fully saturated rings. The Balaban J connectivity index is 2.20. The minimum atomic E-state index is -5.69. The Hall–Kier alpha value is -0.770. The largest absolute Gasteiger partial charge is 0.490 e. The molecule has 17 nitrogen and oxygen atoms in total. The molecule has 0 spiro atoms. The van der Waals surface area contributed by atoms with Crippen molar-refractivity contribution in [3.05, 3.63) is 22.2 Å². The molecule has 8 N–H and O–H groups in total. The predicted molar refractivity (Wildman–Crippen MR) is 128 cm³/mol. The lowest BCUT2D eigenvalue weighted by atomic mass is 10.2. The number of aromatic nitrogens is 2. The predicted octanol–water partition coefficient (Wildman–Crippen LogP) is 0.120. The van der Waals surface area contributed by atoms with Crippen LogP contribution in [0.15, 0.2) is 11.0 Å². The van der Waals surface area contributed by atoms with Crippen LogP contribution in [-0.2, 0) is 36.3 Å². The van der Waals surface area contributed by atoms with Gasteiger partial charge in [0.2, 0.25) is 0 Å². The average molecular weight is 612 g/mol. The Bertz CT molecular complexity index is 1180. The molecular formula is C14H23N4O13P3S2. The second-order valence-electron chi connectivity index (χ2n) is 6.59. The molecule has 36 heavy (non-hydrogen) atoms. The number of hydrogen-bond donors (Lipinski definition) is 6. The first-order valence-corrected chi connectivity index (χ1v) is 16.7. The van der Waals surface area contributed by atoms with Crippen LogP contribution < -0.4 is 17.2 Å². The minimum Gasteiger partial charge on any atom is -0.382 e. The van der Waals surface area contributed by atoms with Crippen molar-refractivity contribution in [3.8, 4) is 11.8 Å². The van der Waals surface area contributed by atoms with Crippen molar-refractivity contribution < 1.29 is 55.9 Å². The van der Waals surface area contributed by atoms with E-state index in [1.165, 1.54) is 27.8 Å². The van der Waals surface area contributed by atoms with Gasteiger partial charge in [0.15, 0.2) is 0 Å². The lowest BCUT2D eigenvalue weighted by molar-refractivity contribution is -0.0543. The van der Waals surface area contributed by atoms with Crippen LogP contribution in [-0.4, -0.2) is 66.7 Å². The lowest BCUT2D eigenvalue weighted by Gasteiger charge is -2.21. The highest BCUT2D eigenvalue weighted by atomic mass is 33.1. The van der Waals surface area contributed by atoms with E-state index in [1.807, 2.05) is 0 Å². The monoisotopic (exact) mass is 612 g/mol. The van der Waals surface area contributed by atoms with Gasteiger partial charge in [0, 0.05) is 12.6 Å². The molecule has 1 aliphatic heterocycles. The molecule has 1 aromatic heterocycles. The van der Waals surface area contributed by atoms with Gasteiger partial charge in [-0.1, -0.05) is 33.4 Å². The molecule has 1 aromatic rings. The molecule has 2 heterocycles. The van der Waals surface area contributed by atoms with Gasteiger partial charge in [-0.05, 0) is 6.26 Å². The SMILES string of the molecule is CSSCO[C@@H]1C[C@H](n2cc(C#CCN)c(N)nc2=O)O[C@@H]1COP(=O)(O)OP(=O)(O)OP(=O)(O)O. The molecule has 2 unspecified atom stereocenters. The van der Waals surface area contributed by atoms with Crippen LogP contribution in [0.3, 0.4) is 0 Å².